The van der Waals surface area contributed by atoms with Gasteiger partial charge in [0.05, 0.1) is 43.0 Å². The van der Waals surface area contributed by atoms with Gasteiger partial charge in [-0.25, -0.2) is 0 Å². The van der Waals surface area contributed by atoms with Crippen LogP contribution in [0, 0.1) is 40.5 Å². The molecule has 25 heteroatoms. The molecule has 0 saturated heterocycles. The smallest absolute Gasteiger partial charge is 0.319 e. The fourth-order valence-corrected chi connectivity index (χ4v) is 6.72. The monoisotopic (exact) mass is 998 g/mol. The van der Waals surface area contributed by atoms with Gasteiger partial charge in [-0.1, -0.05) is 84.9 Å². The number of phenols is 2. The van der Waals surface area contributed by atoms with Crippen LogP contribution in [0.2, 0.25) is 0 Å². The van der Waals surface area contributed by atoms with Gasteiger partial charge in [-0.05, 0) is 47.5 Å². The molecule has 2 aliphatic carbocycles. The first-order chi connectivity index (χ1) is 33.5. The van der Waals surface area contributed by atoms with E-state index in [9.17, 15) is 69.8 Å². The molecule has 0 aliphatic heterocycles. The number of hydrogen-bond acceptors (Lipinski definition) is 18. The zero-order chi connectivity index (χ0) is 50.2. The molecule has 2 amide bonds. The number of nitro groups is 4. The van der Waals surface area contributed by atoms with E-state index in [-0.39, 0.29) is 39.9 Å². The number of nitro benzene ring substituents is 4. The Labute approximate surface area is 408 Å². The summed E-state index contributed by atoms with van der Waals surface area (Å²) < 4.78 is 0. The predicted molar refractivity (Wildman–Crippen MR) is 252 cm³/mol. The third-order valence-electron chi connectivity index (χ3n) is 10.0. The molecule has 0 bridgehead atoms. The standard InChI is InChI=1S/2C23H15N5O7.Cr/c2*29-21-17(23(31)24-14-7-2-1-3-8-14)10-13-6-4-5-9-16(13)20(21)26-25-18-11-15(27(32)33)12-19(22(18)30)28(34)35;/h2*1-12,25,30H,(H,24,31);/b26-20+;26-20-;. The number of Topliss-reactive ketones (excluding diaryl/α,β-unsaturated/α-hetero) is 2. The average Bonchev–Trinajstić information content (AvgIpc) is 3.34. The second-order valence-corrected chi connectivity index (χ2v) is 14.5. The molecule has 0 aromatic heterocycles. The molecule has 24 nitrogen and oxygen atoms in total. The molecule has 0 radical (unpaired) electrons. The number of ketones is 2. The Morgan fingerprint density at radius 2 is 0.817 bits per heavy atom. The number of non-ortho nitro benzene ring substituents is 2. The summed E-state index contributed by atoms with van der Waals surface area (Å²) >= 11 is 0. The van der Waals surface area contributed by atoms with Gasteiger partial charge < -0.3 is 20.8 Å². The number of rotatable bonds is 12. The summed E-state index contributed by atoms with van der Waals surface area (Å²) in [7, 11) is 0. The average molecular weight is 999 g/mol. The van der Waals surface area contributed by atoms with E-state index in [2.05, 4.69) is 31.7 Å². The number of carbonyl (C=O) groups excluding carboxylic acids is 4. The van der Waals surface area contributed by atoms with Crippen LogP contribution in [-0.4, -0.2) is 64.7 Å². The van der Waals surface area contributed by atoms with Crippen molar-refractivity contribution in [2.75, 3.05) is 21.5 Å². The summed E-state index contributed by atoms with van der Waals surface area (Å²) in [6.07, 6.45) is 2.81. The number of aromatic hydroxyl groups is 2. The number of phenolic OH excluding ortho intramolecular Hbond substituents is 2. The molecular formula is C46H30CrN10O14. The number of nitrogens with one attached hydrogen (secondary N) is 4. The minimum Gasteiger partial charge on any atom is -0.501 e. The molecule has 0 heterocycles. The number of amides is 2. The van der Waals surface area contributed by atoms with Gasteiger partial charge >= 0.3 is 11.4 Å². The van der Waals surface area contributed by atoms with Gasteiger partial charge in [-0.2, -0.15) is 10.2 Å². The first-order valence-electron chi connectivity index (χ1n) is 20.0. The van der Waals surface area contributed by atoms with Crippen LogP contribution >= 0.6 is 0 Å². The molecule has 0 spiro atoms. The van der Waals surface area contributed by atoms with Gasteiger partial charge in [0.25, 0.3) is 23.2 Å². The summed E-state index contributed by atoms with van der Waals surface area (Å²) in [5.41, 5.74) is 2.24. The number of nitrogens with zero attached hydrogens (tertiary/aromatic N) is 6. The molecule has 6 aromatic carbocycles. The van der Waals surface area contributed by atoms with Crippen LogP contribution in [0.3, 0.4) is 0 Å². The van der Waals surface area contributed by atoms with Crippen molar-refractivity contribution < 1.29 is 66.4 Å². The molecule has 354 valence electrons. The van der Waals surface area contributed by atoms with E-state index in [0.717, 1.165) is 12.1 Å². The van der Waals surface area contributed by atoms with Crippen molar-refractivity contribution in [1.82, 2.24) is 0 Å². The zero-order valence-corrected chi connectivity index (χ0v) is 37.0. The number of hydrogen-bond donors (Lipinski definition) is 6. The first-order valence-corrected chi connectivity index (χ1v) is 20.0. The fraction of sp³-hybridized carbons (Fsp3) is 0. The van der Waals surface area contributed by atoms with Crippen LogP contribution in [0.4, 0.5) is 45.5 Å². The second kappa shape index (κ2) is 21.6. The van der Waals surface area contributed by atoms with Crippen LogP contribution in [0.15, 0.2) is 155 Å². The van der Waals surface area contributed by atoms with Crippen molar-refractivity contribution >= 4 is 92.5 Å². The largest absolute Gasteiger partial charge is 0.501 e. The minimum atomic E-state index is -0.990. The van der Waals surface area contributed by atoms with Gasteiger partial charge in [0.15, 0.2) is 0 Å². The summed E-state index contributed by atoms with van der Waals surface area (Å²) in [5, 5.41) is 78.3. The van der Waals surface area contributed by atoms with E-state index in [1.807, 2.05) is 0 Å². The van der Waals surface area contributed by atoms with Crippen LogP contribution in [0.1, 0.15) is 22.3 Å². The maximum absolute atomic E-state index is 13.2. The van der Waals surface area contributed by atoms with Crippen molar-refractivity contribution in [2.45, 2.75) is 0 Å². The van der Waals surface area contributed by atoms with E-state index in [1.165, 1.54) is 12.2 Å². The molecule has 0 atom stereocenters. The van der Waals surface area contributed by atoms with Gasteiger partial charge in [0.1, 0.15) is 22.8 Å². The number of para-hydroxylation sites is 2. The molecule has 8 rings (SSSR count). The summed E-state index contributed by atoms with van der Waals surface area (Å²) in [4.78, 5) is 93.0. The third-order valence-corrected chi connectivity index (χ3v) is 10.0. The summed E-state index contributed by atoms with van der Waals surface area (Å²) in [6.45, 7) is 0. The second-order valence-electron chi connectivity index (χ2n) is 14.5. The van der Waals surface area contributed by atoms with Gasteiger partial charge in [0.2, 0.25) is 23.1 Å². The molecule has 2 aliphatic rings. The molecule has 6 aromatic rings. The Kier molecular flexibility index (Phi) is 15.3. The van der Waals surface area contributed by atoms with E-state index < -0.39 is 88.7 Å². The SMILES string of the molecule is O=C(Nc1ccccc1)C1=Cc2ccccc2/C(=N/Nc2cc([N+](=O)[O-])cc([N+](=O)[O-])c2O)C1=O.O=C(Nc1ccccc1)C1=Cc2ccccc2/C(=N\Nc2cc([N+](=O)[O-])cc([N+](=O)[O-])c2O)C1=O.[Cr]. The van der Waals surface area contributed by atoms with E-state index in [0.29, 0.717) is 45.8 Å². The van der Waals surface area contributed by atoms with Crippen molar-refractivity contribution in [3.05, 3.63) is 207 Å². The molecule has 71 heavy (non-hydrogen) atoms. The van der Waals surface area contributed by atoms with Crippen LogP contribution < -0.4 is 21.5 Å². The molecule has 0 fully saturated rings. The summed E-state index contributed by atoms with van der Waals surface area (Å²) in [6, 6.07) is 33.0. The number of anilines is 4. The van der Waals surface area contributed by atoms with Crippen LogP contribution in [0.5, 0.6) is 11.5 Å². The minimum absolute atomic E-state index is 0. The fourth-order valence-electron chi connectivity index (χ4n) is 6.72. The van der Waals surface area contributed by atoms with Crippen molar-refractivity contribution in [3.8, 4) is 11.5 Å². The van der Waals surface area contributed by atoms with Crippen LogP contribution in [-0.2, 0) is 36.5 Å². The number of carbonyl (C=O) groups is 4. The van der Waals surface area contributed by atoms with E-state index in [4.69, 9.17) is 0 Å². The maximum Gasteiger partial charge on any atom is 0.319 e. The molecule has 0 saturated carbocycles. The van der Waals surface area contributed by atoms with E-state index in [1.54, 1.807) is 109 Å². The molecule has 6 N–H and O–H groups in total. The van der Waals surface area contributed by atoms with Crippen molar-refractivity contribution in [2.24, 2.45) is 10.2 Å². The Hall–Kier alpha value is -10.2. The topological polar surface area (TPSA) is 354 Å². The predicted octanol–water partition coefficient (Wildman–Crippen LogP) is 7.26. The van der Waals surface area contributed by atoms with Crippen molar-refractivity contribution in [3.63, 3.8) is 0 Å². The quantitative estimate of drug-likeness (QED) is 0.0304. The third kappa shape index (κ3) is 11.1. The Morgan fingerprint density at radius 1 is 0.479 bits per heavy atom. The van der Waals surface area contributed by atoms with Crippen LogP contribution in [0.25, 0.3) is 12.2 Å². The summed E-state index contributed by atoms with van der Waals surface area (Å²) in [5.74, 6) is -4.69. The normalized spacial score (nSPS) is 13.4. The Morgan fingerprint density at radius 3 is 1.15 bits per heavy atom. The first kappa shape index (κ1) is 50.2. The molecular weight excluding hydrogens is 969 g/mol. The zero-order valence-electron chi connectivity index (χ0n) is 35.7. The molecule has 0 unspecified atom stereocenters. The van der Waals surface area contributed by atoms with E-state index >= 15 is 0 Å². The Balaban J connectivity index is 0.000000229. The number of fused-ring (bicyclic) bond motifs is 2. The van der Waals surface area contributed by atoms with Crippen molar-refractivity contribution in [1.29, 1.82) is 0 Å². The maximum atomic E-state index is 13.2. The van der Waals surface area contributed by atoms with Gasteiger partial charge in [-0.15, -0.1) is 0 Å². The van der Waals surface area contributed by atoms with Gasteiger partial charge in [-0.3, -0.25) is 70.5 Å². The Bertz CT molecular complexity index is 3120. The number of benzene rings is 6. The van der Waals surface area contributed by atoms with Gasteiger partial charge in [0, 0.05) is 52.0 Å². The number of hydrazone groups is 2.